The van der Waals surface area contributed by atoms with Gasteiger partial charge >= 0.3 is 6.85 Å². The van der Waals surface area contributed by atoms with Crippen molar-refractivity contribution >= 4 is 128 Å². The number of hydrogen-bond acceptors (Lipinski definition) is 2. The number of anilines is 2. The number of pyridine rings is 1. The predicted octanol–water partition coefficient (Wildman–Crippen LogP) is 5.40. The van der Waals surface area contributed by atoms with Crippen LogP contribution in [-0.4, -0.2) is 55.6 Å². The maximum atomic E-state index is 5.80. The Hall–Kier alpha value is -7.53. The van der Waals surface area contributed by atoms with E-state index < -0.39 is 10.0 Å². The van der Waals surface area contributed by atoms with Crippen molar-refractivity contribution in [3.8, 4) is 28.2 Å². The Morgan fingerprint density at radius 2 is 0.928 bits per heavy atom. The highest BCUT2D eigenvalue weighted by Gasteiger charge is 2.39. The number of rotatable bonds is 8. The zero-order chi connectivity index (χ0) is 46.8. The highest BCUT2D eigenvalue weighted by Crippen LogP contribution is 2.72. The summed E-state index contributed by atoms with van der Waals surface area (Å²) in [5, 5.41) is 2.41. The Kier molecular flexibility index (Phi) is 10.7. The summed E-state index contributed by atoms with van der Waals surface area (Å²) in [5.74, 6) is 0.870. The molecule has 1 aliphatic heterocycles. The lowest BCUT2D eigenvalue weighted by atomic mass is 9.46. The second-order valence-corrected chi connectivity index (χ2v) is 21.5. The van der Waals surface area contributed by atoms with Crippen LogP contribution in [0.4, 0.5) is 11.4 Å². The molecule has 10 heteroatoms. The van der Waals surface area contributed by atoms with E-state index in [0.29, 0.717) is 0 Å². The topological polar surface area (TPSA) is 21.1 Å². The van der Waals surface area contributed by atoms with Crippen LogP contribution in [-0.2, 0) is 0 Å². The van der Waals surface area contributed by atoms with Crippen molar-refractivity contribution in [3.05, 3.63) is 224 Å². The van der Waals surface area contributed by atoms with E-state index >= 15 is 0 Å². The summed E-state index contributed by atoms with van der Waals surface area (Å²) in [7, 11) is 9.53. The van der Waals surface area contributed by atoms with E-state index in [1.54, 1.807) is 0 Å². The molecule has 0 N–H and O–H groups in total. The van der Waals surface area contributed by atoms with Crippen LogP contribution in [0.1, 0.15) is 0 Å². The SMILES string of the molecule is Bc1c(B)c(B)c(S(c2ccccc2)(c2ccccc2)c2cccc(-c3cc(N4B(c5ccccc5)c5ccccc5-c5ccccc54)cc(-n4c5ccccc5c5ccccc54)n3)c2)c(B)c1B. The summed E-state index contributed by atoms with van der Waals surface area (Å²) >= 11 is 0. The zero-order valence-corrected chi connectivity index (χ0v) is 40.5. The van der Waals surface area contributed by atoms with E-state index in [0.717, 1.165) is 39.5 Å². The molecule has 9 aromatic carbocycles. The Morgan fingerprint density at radius 1 is 0.420 bits per heavy atom. The first-order valence-corrected chi connectivity index (χ1v) is 25.6. The molecular formula is C59H47B6N3S. The molecule has 322 valence electrons. The second-order valence-electron chi connectivity index (χ2n) is 18.4. The normalized spacial score (nSPS) is 12.5. The smallest absolute Gasteiger partial charge is 0.328 e. The third kappa shape index (κ3) is 6.79. The molecule has 0 saturated heterocycles. The second kappa shape index (κ2) is 17.2. The van der Waals surface area contributed by atoms with Gasteiger partial charge in [0, 0.05) is 54.0 Å². The molecule has 3 nitrogen and oxygen atoms in total. The molecule has 0 atom stereocenters. The van der Waals surface area contributed by atoms with Gasteiger partial charge in [0.1, 0.15) is 45.0 Å². The van der Waals surface area contributed by atoms with Crippen molar-refractivity contribution in [1.29, 1.82) is 0 Å². The molecule has 0 aliphatic carbocycles. The average molecular weight is 895 g/mol. The van der Waals surface area contributed by atoms with Gasteiger partial charge in [0.15, 0.2) is 0 Å². The van der Waals surface area contributed by atoms with Crippen molar-refractivity contribution < 1.29 is 0 Å². The zero-order valence-electron chi connectivity index (χ0n) is 39.7. The molecule has 3 heterocycles. The van der Waals surface area contributed by atoms with E-state index in [1.165, 1.54) is 79.7 Å². The van der Waals surface area contributed by atoms with Gasteiger partial charge in [0.05, 0.1) is 16.7 Å². The highest BCUT2D eigenvalue weighted by molar-refractivity contribution is 8.34. The molecule has 69 heavy (non-hydrogen) atoms. The van der Waals surface area contributed by atoms with Crippen molar-refractivity contribution in [3.63, 3.8) is 0 Å². The van der Waals surface area contributed by atoms with Gasteiger partial charge in [-0.05, 0) is 76.6 Å². The van der Waals surface area contributed by atoms with Crippen molar-refractivity contribution in [2.75, 3.05) is 4.81 Å². The Bertz CT molecular complexity index is 3650. The maximum absolute atomic E-state index is 5.80. The van der Waals surface area contributed by atoms with Crippen LogP contribution in [0, 0.1) is 0 Å². The molecule has 11 aromatic rings. The van der Waals surface area contributed by atoms with Crippen LogP contribution in [0.3, 0.4) is 0 Å². The number of hydrogen-bond donors (Lipinski definition) is 0. The minimum Gasteiger partial charge on any atom is -0.376 e. The van der Waals surface area contributed by atoms with Crippen LogP contribution in [0.25, 0.3) is 50.0 Å². The van der Waals surface area contributed by atoms with E-state index in [2.05, 4.69) is 273 Å². The lowest BCUT2D eigenvalue weighted by molar-refractivity contribution is 1.08. The summed E-state index contributed by atoms with van der Waals surface area (Å²) in [6.07, 6.45) is 0. The molecule has 0 spiro atoms. The molecule has 12 rings (SSSR count). The summed E-state index contributed by atoms with van der Waals surface area (Å²) < 4.78 is 2.37. The third-order valence-electron chi connectivity index (χ3n) is 14.9. The van der Waals surface area contributed by atoms with Crippen molar-refractivity contribution in [1.82, 2.24) is 9.55 Å². The fourth-order valence-corrected chi connectivity index (χ4v) is 15.7. The number of benzene rings is 9. The Balaban J connectivity index is 1.18. The quantitative estimate of drug-likeness (QED) is 0.191. The molecule has 0 saturated carbocycles. The molecule has 0 bridgehead atoms. The van der Waals surface area contributed by atoms with Crippen LogP contribution < -0.4 is 43.1 Å². The molecule has 0 radical (unpaired) electrons. The number of para-hydroxylation sites is 3. The number of fused-ring (bicyclic) bond motifs is 6. The lowest BCUT2D eigenvalue weighted by Crippen LogP contribution is -2.57. The standard InChI is InChI=1S/C59H47B6N3S/c60-54-55(61)57(63)59(58(64)56(54)62)69(41-22-6-2-7-23-41,42-24-8-3-9-25-42)43-26-18-19-38(35-43)49-36-40(37-53(66-49)67-50-32-15-11-29-46(50)47-30-12-16-33-51(47)67)68-52-34-17-13-28-45(52)44-27-10-14-31-48(44)65(68)39-20-4-1-5-21-39/h1-37H,60-64H2. The van der Waals surface area contributed by atoms with Gasteiger partial charge < -0.3 is 4.81 Å². The summed E-state index contributed by atoms with van der Waals surface area (Å²) in [6, 6.07) is 82.9. The van der Waals surface area contributed by atoms with Gasteiger partial charge in [-0.25, -0.2) is 4.98 Å². The van der Waals surface area contributed by atoms with Gasteiger partial charge in [-0.2, -0.15) is 0 Å². The van der Waals surface area contributed by atoms with Crippen LogP contribution >= 0.6 is 10.0 Å². The largest absolute Gasteiger partial charge is 0.376 e. The minimum atomic E-state index is -2.07. The van der Waals surface area contributed by atoms with E-state index in [-0.39, 0.29) is 6.85 Å². The predicted molar refractivity (Wildman–Crippen MR) is 310 cm³/mol. The molecule has 0 amide bonds. The first-order valence-electron chi connectivity index (χ1n) is 24.0. The fourth-order valence-electron chi connectivity index (χ4n) is 11.3. The molecule has 0 fully saturated rings. The van der Waals surface area contributed by atoms with Crippen molar-refractivity contribution in [2.24, 2.45) is 0 Å². The van der Waals surface area contributed by atoms with Gasteiger partial charge in [-0.15, -0.1) is 26.4 Å². The maximum Gasteiger partial charge on any atom is 0.328 e. The monoisotopic (exact) mass is 895 g/mol. The van der Waals surface area contributed by atoms with Gasteiger partial charge in [0.2, 0.25) is 0 Å². The summed E-state index contributed by atoms with van der Waals surface area (Å²) in [5.41, 5.74) is 18.2. The molecular weight excluding hydrogens is 848 g/mol. The molecule has 2 aromatic heterocycles. The molecule has 0 unspecified atom stereocenters. The van der Waals surface area contributed by atoms with Gasteiger partial charge in [-0.3, -0.25) is 4.57 Å². The first kappa shape index (κ1) is 42.8. The highest BCUT2D eigenvalue weighted by atomic mass is 32.3. The van der Waals surface area contributed by atoms with Gasteiger partial charge in [0.25, 0.3) is 0 Å². The third-order valence-corrected chi connectivity index (χ3v) is 19.0. The number of nitrogens with zero attached hydrogens (tertiary/aromatic N) is 3. The van der Waals surface area contributed by atoms with Crippen molar-refractivity contribution in [2.45, 2.75) is 19.6 Å². The average Bonchev–Trinajstić information content (AvgIpc) is 3.75. The van der Waals surface area contributed by atoms with E-state index in [4.69, 9.17) is 4.98 Å². The van der Waals surface area contributed by atoms with E-state index in [1.807, 2.05) is 0 Å². The summed E-state index contributed by atoms with van der Waals surface area (Å²) in [4.78, 5) is 13.7. The van der Waals surface area contributed by atoms with E-state index in [9.17, 15) is 0 Å². The summed E-state index contributed by atoms with van der Waals surface area (Å²) in [6.45, 7) is -0.0999. The molecule has 1 aliphatic rings. The van der Waals surface area contributed by atoms with Crippen LogP contribution in [0.15, 0.2) is 244 Å². The Morgan fingerprint density at radius 3 is 1.57 bits per heavy atom. The van der Waals surface area contributed by atoms with Crippen LogP contribution in [0.5, 0.6) is 0 Å². The number of aromatic nitrogens is 2. The lowest BCUT2D eigenvalue weighted by Gasteiger charge is -2.45. The van der Waals surface area contributed by atoms with Crippen LogP contribution in [0.2, 0.25) is 0 Å². The minimum absolute atomic E-state index is 0.0999. The Labute approximate surface area is 411 Å². The first-order chi connectivity index (χ1) is 33.8. The fraction of sp³-hybridized carbons (Fsp3) is 0. The van der Waals surface area contributed by atoms with Gasteiger partial charge in [-0.1, -0.05) is 174 Å².